The molecule has 0 fully saturated rings. The van der Waals surface area contributed by atoms with E-state index in [0.29, 0.717) is 5.56 Å². The number of carbonyl (C=O) groups is 4. The van der Waals surface area contributed by atoms with Crippen LogP contribution in [0.1, 0.15) is 52.7 Å². The van der Waals surface area contributed by atoms with Crippen molar-refractivity contribution in [2.75, 3.05) is 14.2 Å². The van der Waals surface area contributed by atoms with E-state index in [2.05, 4.69) is 10.6 Å². The van der Waals surface area contributed by atoms with Crippen molar-refractivity contribution in [1.29, 1.82) is 0 Å². The minimum absolute atomic E-state index is 0.0979. The smallest absolute Gasteiger partial charge is 0.408 e. The molecule has 3 amide bonds. The zero-order valence-corrected chi connectivity index (χ0v) is 25.8. The van der Waals surface area contributed by atoms with Gasteiger partial charge in [0.05, 0.1) is 7.11 Å². The summed E-state index contributed by atoms with van der Waals surface area (Å²) in [5.74, 6) is -1.33. The van der Waals surface area contributed by atoms with E-state index < -0.39 is 47.3 Å². The summed E-state index contributed by atoms with van der Waals surface area (Å²) in [4.78, 5) is 51.9. The first-order valence-corrected chi connectivity index (χ1v) is 13.4. The van der Waals surface area contributed by atoms with E-state index in [1.807, 2.05) is 0 Å². The Hall–Kier alpha value is -4.52. The maximum Gasteiger partial charge on any atom is 0.408 e. The van der Waals surface area contributed by atoms with Gasteiger partial charge in [-0.25, -0.2) is 19.4 Å². The monoisotopic (exact) mass is 605 g/mol. The van der Waals surface area contributed by atoms with Crippen LogP contribution < -0.4 is 10.6 Å². The van der Waals surface area contributed by atoms with Crippen LogP contribution in [0.5, 0.6) is 11.5 Å². The molecule has 2 aromatic carbocycles. The van der Waals surface area contributed by atoms with Crippen LogP contribution in [0.2, 0.25) is 0 Å². The molecule has 0 aliphatic heterocycles. The number of hydroxylamine groups is 2. The van der Waals surface area contributed by atoms with Gasteiger partial charge in [0.2, 0.25) is 0 Å². The molecule has 5 N–H and O–H groups in total. The number of alkyl carbamates (subject to hydrolysis) is 2. The highest BCUT2D eigenvalue weighted by Gasteiger charge is 2.27. The number of likely N-dealkylation sites (N-methyl/N-ethyl adjacent to an activating group) is 1. The summed E-state index contributed by atoms with van der Waals surface area (Å²) in [6.45, 7) is 10.3. The first kappa shape index (κ1) is 36.5. The van der Waals surface area contributed by atoms with E-state index in [9.17, 15) is 24.3 Å². The van der Waals surface area contributed by atoms with Crippen LogP contribution in [0.15, 0.2) is 48.5 Å². The number of carboxylic acid groups (broad SMARTS) is 1. The van der Waals surface area contributed by atoms with Gasteiger partial charge in [-0.2, -0.15) is 0 Å². The minimum atomic E-state index is -1.15. The molecule has 238 valence electrons. The summed E-state index contributed by atoms with van der Waals surface area (Å²) in [6, 6.07) is 10.6. The number of carboxylic acids is 1. The number of aromatic hydroxyl groups is 2. The summed E-state index contributed by atoms with van der Waals surface area (Å²) >= 11 is 0. The number of hydrogen-bond acceptors (Lipinski definition) is 9. The highest BCUT2D eigenvalue weighted by molar-refractivity contribution is 5.85. The van der Waals surface area contributed by atoms with Gasteiger partial charge in [-0.1, -0.05) is 24.3 Å². The van der Waals surface area contributed by atoms with E-state index >= 15 is 0 Å². The molecule has 0 saturated carbocycles. The van der Waals surface area contributed by atoms with Crippen LogP contribution in [0.3, 0.4) is 0 Å². The second-order valence-corrected chi connectivity index (χ2v) is 11.5. The normalized spacial score (nSPS) is 12.5. The largest absolute Gasteiger partial charge is 0.508 e. The first-order chi connectivity index (χ1) is 19.8. The Morgan fingerprint density at radius 2 is 1.07 bits per heavy atom. The van der Waals surface area contributed by atoms with Gasteiger partial charge in [-0.05, 0) is 76.9 Å². The van der Waals surface area contributed by atoms with Crippen molar-refractivity contribution in [1.82, 2.24) is 15.7 Å². The second kappa shape index (κ2) is 16.2. The first-order valence-electron chi connectivity index (χ1n) is 13.4. The van der Waals surface area contributed by atoms with E-state index in [4.69, 9.17) is 24.5 Å². The number of ether oxygens (including phenoxy) is 2. The molecule has 0 spiro atoms. The number of nitrogens with one attached hydrogen (secondary N) is 2. The van der Waals surface area contributed by atoms with Crippen molar-refractivity contribution in [3.05, 3.63) is 59.7 Å². The Labute approximate surface area is 251 Å². The van der Waals surface area contributed by atoms with Gasteiger partial charge < -0.3 is 35.4 Å². The lowest BCUT2D eigenvalue weighted by Gasteiger charge is -2.25. The van der Waals surface area contributed by atoms with Crippen molar-refractivity contribution in [2.45, 2.75) is 77.7 Å². The van der Waals surface area contributed by atoms with Gasteiger partial charge >= 0.3 is 18.2 Å². The minimum Gasteiger partial charge on any atom is -0.508 e. The quantitative estimate of drug-likeness (QED) is 0.264. The van der Waals surface area contributed by atoms with Gasteiger partial charge in [0.15, 0.2) is 0 Å². The van der Waals surface area contributed by atoms with E-state index in [1.165, 1.54) is 38.4 Å². The van der Waals surface area contributed by atoms with E-state index in [0.717, 1.165) is 10.6 Å². The molecule has 0 radical (unpaired) electrons. The number of amides is 3. The van der Waals surface area contributed by atoms with Gasteiger partial charge in [-0.3, -0.25) is 9.63 Å². The highest BCUT2D eigenvalue weighted by atomic mass is 16.7. The standard InChI is InChI=1S/C16H24N2O5.C14H19NO5/c1-16(2,3)23-15(21)17-13(14(20)18(4)22-5)10-11-6-8-12(19)9-7-11;1-14(2,3)20-13(19)15-11(12(17)18)8-9-4-6-10(16)7-5-9/h6-9,13,19H,10H2,1-5H3,(H,17,21);4-7,11,16H,8H2,1-3H3,(H,15,19)(H,17,18)/t13-;11-/m11/s1. The summed E-state index contributed by atoms with van der Waals surface area (Å²) in [7, 11) is 2.83. The molecule has 2 rings (SSSR count). The second-order valence-electron chi connectivity index (χ2n) is 11.5. The number of benzene rings is 2. The Balaban J connectivity index is 0.000000434. The van der Waals surface area contributed by atoms with Crippen LogP contribution in [-0.2, 0) is 36.7 Å². The van der Waals surface area contributed by atoms with E-state index in [-0.39, 0.29) is 24.3 Å². The number of aliphatic carboxylic acids is 1. The average Bonchev–Trinajstić information content (AvgIpc) is 2.87. The summed E-state index contributed by atoms with van der Waals surface area (Å²) in [5.41, 5.74) is 0.114. The van der Waals surface area contributed by atoms with E-state index in [1.54, 1.807) is 65.8 Å². The maximum atomic E-state index is 12.3. The molecule has 2 atom stereocenters. The summed E-state index contributed by atoms with van der Waals surface area (Å²) < 4.78 is 10.2. The lowest BCUT2D eigenvalue weighted by Crippen LogP contribution is -2.49. The SMILES string of the molecule is CC(C)(C)OC(=O)N[C@H](Cc1ccc(O)cc1)C(=O)O.CON(C)C(=O)[C@@H](Cc1ccc(O)cc1)NC(=O)OC(C)(C)C. The molecule has 13 heteroatoms. The van der Waals surface area contributed by atoms with Crippen molar-refractivity contribution in [3.8, 4) is 11.5 Å². The van der Waals surface area contributed by atoms with Crippen LogP contribution in [0.4, 0.5) is 9.59 Å². The Kier molecular flexibility index (Phi) is 13.8. The van der Waals surface area contributed by atoms with Gasteiger partial charge in [-0.15, -0.1) is 0 Å². The van der Waals surface area contributed by atoms with Gasteiger partial charge in [0.25, 0.3) is 5.91 Å². The number of hydrogen-bond donors (Lipinski definition) is 5. The molecule has 0 saturated heterocycles. The van der Waals surface area contributed by atoms with Crippen molar-refractivity contribution >= 4 is 24.1 Å². The fourth-order valence-electron chi connectivity index (χ4n) is 3.34. The molecular formula is C30H43N3O10. The fourth-order valence-corrected chi connectivity index (χ4v) is 3.34. The zero-order chi connectivity index (χ0) is 33.0. The number of nitrogens with zero attached hydrogens (tertiary/aromatic N) is 1. The predicted molar refractivity (Wildman–Crippen MR) is 157 cm³/mol. The molecule has 0 unspecified atom stereocenters. The lowest BCUT2D eigenvalue weighted by atomic mass is 10.1. The third-order valence-corrected chi connectivity index (χ3v) is 5.31. The molecule has 13 nitrogen and oxygen atoms in total. The van der Waals surface area contributed by atoms with Crippen molar-refractivity contribution in [2.24, 2.45) is 0 Å². The molecular weight excluding hydrogens is 562 g/mol. The van der Waals surface area contributed by atoms with Crippen LogP contribution in [0.25, 0.3) is 0 Å². The van der Waals surface area contributed by atoms with Crippen LogP contribution in [-0.4, -0.2) is 81.9 Å². The van der Waals surface area contributed by atoms with Gasteiger partial charge in [0.1, 0.15) is 34.8 Å². The number of phenols is 2. The molecule has 0 bridgehead atoms. The number of carbonyl (C=O) groups excluding carboxylic acids is 3. The van der Waals surface area contributed by atoms with Crippen molar-refractivity contribution < 1.29 is 48.8 Å². The molecule has 0 aliphatic carbocycles. The maximum absolute atomic E-state index is 12.3. The Morgan fingerprint density at radius 1 is 0.721 bits per heavy atom. The average molecular weight is 606 g/mol. The highest BCUT2D eigenvalue weighted by Crippen LogP contribution is 2.14. The molecule has 2 aromatic rings. The Morgan fingerprint density at radius 3 is 1.40 bits per heavy atom. The summed E-state index contributed by atoms with van der Waals surface area (Å²) in [6.07, 6.45) is -1.11. The number of phenolic OH excluding ortho intramolecular Hbond substituents is 2. The molecule has 43 heavy (non-hydrogen) atoms. The third-order valence-electron chi connectivity index (χ3n) is 5.31. The molecule has 0 aliphatic rings. The third kappa shape index (κ3) is 15.3. The predicted octanol–water partition coefficient (Wildman–Crippen LogP) is 3.76. The lowest BCUT2D eigenvalue weighted by molar-refractivity contribution is -0.171. The Bertz CT molecular complexity index is 1200. The zero-order valence-electron chi connectivity index (χ0n) is 25.8. The summed E-state index contributed by atoms with van der Waals surface area (Å²) in [5, 5.41) is 33.5. The van der Waals surface area contributed by atoms with Crippen LogP contribution in [0, 0.1) is 0 Å². The fraction of sp³-hybridized carbons (Fsp3) is 0.467. The topological polar surface area (TPSA) is 184 Å². The van der Waals surface area contributed by atoms with Gasteiger partial charge in [0, 0.05) is 19.9 Å². The molecule has 0 aromatic heterocycles. The van der Waals surface area contributed by atoms with Crippen molar-refractivity contribution in [3.63, 3.8) is 0 Å². The number of rotatable bonds is 9. The molecule has 0 heterocycles. The van der Waals surface area contributed by atoms with Crippen LogP contribution >= 0.6 is 0 Å².